The highest BCUT2D eigenvalue weighted by atomic mass is 16.6. The molecule has 22 heavy (non-hydrogen) atoms. The van der Waals surface area contributed by atoms with E-state index in [1.165, 1.54) is 13.0 Å². The van der Waals surface area contributed by atoms with Crippen LogP contribution in [0.15, 0.2) is 12.7 Å². The molecule has 0 saturated heterocycles. The molecule has 3 atom stereocenters. The molecule has 3 unspecified atom stereocenters. The Labute approximate surface area is 128 Å². The molecule has 0 spiro atoms. The summed E-state index contributed by atoms with van der Waals surface area (Å²) < 4.78 is 19.8. The van der Waals surface area contributed by atoms with Gasteiger partial charge in [-0.15, -0.1) is 0 Å². The second-order valence-electron chi connectivity index (χ2n) is 4.33. The van der Waals surface area contributed by atoms with Crippen molar-refractivity contribution in [2.75, 3.05) is 6.61 Å². The zero-order valence-electron chi connectivity index (χ0n) is 13.0. The quantitative estimate of drug-likeness (QED) is 0.363. The predicted molar refractivity (Wildman–Crippen MR) is 73.5 cm³/mol. The van der Waals surface area contributed by atoms with Crippen molar-refractivity contribution in [1.82, 2.24) is 0 Å². The lowest BCUT2D eigenvalue weighted by Crippen LogP contribution is -2.46. The summed E-state index contributed by atoms with van der Waals surface area (Å²) in [5.74, 6) is -2.62. The van der Waals surface area contributed by atoms with Crippen LogP contribution in [-0.4, -0.2) is 48.8 Å². The minimum atomic E-state index is -1.19. The van der Waals surface area contributed by atoms with Crippen LogP contribution in [0.5, 0.6) is 0 Å². The van der Waals surface area contributed by atoms with Crippen molar-refractivity contribution < 1.29 is 38.1 Å². The predicted octanol–water partition coefficient (Wildman–Crippen LogP) is 0.531. The summed E-state index contributed by atoms with van der Waals surface area (Å²) in [5.41, 5.74) is 0. The van der Waals surface area contributed by atoms with Crippen LogP contribution in [0.2, 0.25) is 0 Å². The van der Waals surface area contributed by atoms with Gasteiger partial charge in [-0.2, -0.15) is 0 Å². The van der Waals surface area contributed by atoms with Gasteiger partial charge in [-0.3, -0.25) is 19.2 Å². The van der Waals surface area contributed by atoms with E-state index in [0.717, 1.165) is 20.8 Å². The van der Waals surface area contributed by atoms with E-state index in [0.29, 0.717) is 0 Å². The fourth-order valence-electron chi connectivity index (χ4n) is 1.60. The molecule has 0 aromatic carbocycles. The van der Waals surface area contributed by atoms with Crippen molar-refractivity contribution in [3.8, 4) is 0 Å². The van der Waals surface area contributed by atoms with Crippen molar-refractivity contribution in [1.29, 1.82) is 0 Å². The van der Waals surface area contributed by atoms with Gasteiger partial charge in [-0.05, 0) is 6.08 Å². The molecule has 0 fully saturated rings. The van der Waals surface area contributed by atoms with E-state index in [1.54, 1.807) is 0 Å². The molecule has 0 bridgehead atoms. The first-order valence-electron chi connectivity index (χ1n) is 6.45. The molecule has 0 N–H and O–H groups in total. The molecule has 0 radical (unpaired) electrons. The maximum Gasteiger partial charge on any atom is 0.303 e. The van der Waals surface area contributed by atoms with Crippen molar-refractivity contribution in [3.63, 3.8) is 0 Å². The van der Waals surface area contributed by atoms with Gasteiger partial charge in [0.1, 0.15) is 6.61 Å². The topological polar surface area (TPSA) is 105 Å². The minimum absolute atomic E-state index is 0.363. The van der Waals surface area contributed by atoms with Gasteiger partial charge >= 0.3 is 23.9 Å². The van der Waals surface area contributed by atoms with E-state index in [4.69, 9.17) is 18.9 Å². The zero-order chi connectivity index (χ0) is 17.3. The third kappa shape index (κ3) is 8.03. The average molecular weight is 316 g/mol. The molecule has 8 nitrogen and oxygen atoms in total. The largest absolute Gasteiger partial charge is 0.462 e. The monoisotopic (exact) mass is 316 g/mol. The van der Waals surface area contributed by atoms with Gasteiger partial charge in [0.05, 0.1) is 0 Å². The molecule has 0 rings (SSSR count). The third-order valence-electron chi connectivity index (χ3n) is 2.29. The number of carbonyl (C=O) groups is 4. The van der Waals surface area contributed by atoms with Crippen LogP contribution in [-0.2, 0) is 38.1 Å². The van der Waals surface area contributed by atoms with Crippen molar-refractivity contribution in [2.24, 2.45) is 0 Å². The van der Waals surface area contributed by atoms with E-state index in [9.17, 15) is 19.2 Å². The molecule has 0 aromatic rings. The number of carbonyl (C=O) groups excluding carboxylic acids is 4. The smallest absolute Gasteiger partial charge is 0.303 e. The van der Waals surface area contributed by atoms with Crippen LogP contribution in [0.1, 0.15) is 27.7 Å². The Morgan fingerprint density at radius 3 is 1.73 bits per heavy atom. The molecular formula is C14H20O8. The van der Waals surface area contributed by atoms with Crippen LogP contribution in [0, 0.1) is 0 Å². The number of rotatable bonds is 8. The summed E-state index contributed by atoms with van der Waals surface area (Å²) in [6.45, 7) is 7.73. The van der Waals surface area contributed by atoms with Gasteiger partial charge in [0.25, 0.3) is 0 Å². The van der Waals surface area contributed by atoms with Gasteiger partial charge < -0.3 is 18.9 Å². The first kappa shape index (κ1) is 19.6. The second-order valence-corrected chi connectivity index (χ2v) is 4.33. The van der Waals surface area contributed by atoms with Crippen LogP contribution in [0.3, 0.4) is 0 Å². The maximum absolute atomic E-state index is 11.2. The number of esters is 4. The summed E-state index contributed by atoms with van der Waals surface area (Å²) in [4.78, 5) is 44.5. The highest BCUT2D eigenvalue weighted by Crippen LogP contribution is 2.15. The minimum Gasteiger partial charge on any atom is -0.462 e. The lowest BCUT2D eigenvalue weighted by molar-refractivity contribution is -0.185. The SMILES string of the molecule is C=CC(OC(C)=O)C(OC(C)=O)C(COC(C)=O)OC(C)=O. The van der Waals surface area contributed by atoms with E-state index in [2.05, 4.69) is 6.58 Å². The molecule has 0 aliphatic carbocycles. The van der Waals surface area contributed by atoms with Crippen LogP contribution in [0.25, 0.3) is 0 Å². The molecule has 0 amide bonds. The van der Waals surface area contributed by atoms with E-state index < -0.39 is 42.2 Å². The Morgan fingerprint density at radius 1 is 0.864 bits per heavy atom. The Bertz CT molecular complexity index is 442. The van der Waals surface area contributed by atoms with E-state index >= 15 is 0 Å². The van der Waals surface area contributed by atoms with Crippen LogP contribution >= 0.6 is 0 Å². The van der Waals surface area contributed by atoms with Gasteiger partial charge in [-0.1, -0.05) is 6.58 Å². The summed E-state index contributed by atoms with van der Waals surface area (Å²) in [6.07, 6.45) is -2.18. The van der Waals surface area contributed by atoms with Gasteiger partial charge in [0.2, 0.25) is 0 Å². The summed E-state index contributed by atoms with van der Waals surface area (Å²) >= 11 is 0. The summed E-state index contributed by atoms with van der Waals surface area (Å²) in [5, 5.41) is 0. The van der Waals surface area contributed by atoms with E-state index in [-0.39, 0.29) is 6.61 Å². The standard InChI is InChI=1S/C14H20O8/c1-6-12(20-9(3)16)14(22-11(5)18)13(21-10(4)17)7-19-8(2)15/h6,12-14H,1,7H2,2-5H3. The molecule has 0 heterocycles. The molecule has 0 aliphatic heterocycles. The lowest BCUT2D eigenvalue weighted by Gasteiger charge is -2.30. The molecule has 124 valence electrons. The summed E-state index contributed by atoms with van der Waals surface area (Å²) in [7, 11) is 0. The van der Waals surface area contributed by atoms with Gasteiger partial charge in [0.15, 0.2) is 18.3 Å². The Morgan fingerprint density at radius 2 is 1.36 bits per heavy atom. The van der Waals surface area contributed by atoms with Crippen molar-refractivity contribution >= 4 is 23.9 Å². The zero-order valence-corrected chi connectivity index (χ0v) is 13.0. The number of ether oxygens (including phenoxy) is 4. The second kappa shape index (κ2) is 9.54. The molecular weight excluding hydrogens is 296 g/mol. The fourth-order valence-corrected chi connectivity index (χ4v) is 1.60. The van der Waals surface area contributed by atoms with Crippen molar-refractivity contribution in [3.05, 3.63) is 12.7 Å². The van der Waals surface area contributed by atoms with Crippen LogP contribution in [0.4, 0.5) is 0 Å². The summed E-state index contributed by atoms with van der Waals surface area (Å²) in [6, 6.07) is 0. The molecule has 8 heteroatoms. The Balaban J connectivity index is 5.35. The van der Waals surface area contributed by atoms with Gasteiger partial charge in [0, 0.05) is 27.7 Å². The highest BCUT2D eigenvalue weighted by molar-refractivity contribution is 5.69. The van der Waals surface area contributed by atoms with E-state index in [1.807, 2.05) is 0 Å². The maximum atomic E-state index is 11.2. The Hall–Kier alpha value is -2.38. The van der Waals surface area contributed by atoms with Gasteiger partial charge in [-0.25, -0.2) is 0 Å². The van der Waals surface area contributed by atoms with Crippen molar-refractivity contribution in [2.45, 2.75) is 46.0 Å². The molecule has 0 aromatic heterocycles. The van der Waals surface area contributed by atoms with Crippen LogP contribution < -0.4 is 0 Å². The molecule has 0 saturated carbocycles. The fraction of sp³-hybridized carbons (Fsp3) is 0.571. The Kier molecular flexibility index (Phi) is 8.51. The number of hydrogen-bond donors (Lipinski definition) is 0. The third-order valence-corrected chi connectivity index (χ3v) is 2.29. The number of hydrogen-bond acceptors (Lipinski definition) is 8. The average Bonchev–Trinajstić information content (AvgIpc) is 2.37. The first-order chi connectivity index (χ1) is 10.2. The lowest BCUT2D eigenvalue weighted by atomic mass is 10.1. The first-order valence-corrected chi connectivity index (χ1v) is 6.45. The normalized spacial score (nSPS) is 14.0. The highest BCUT2D eigenvalue weighted by Gasteiger charge is 2.36. The molecule has 0 aliphatic rings.